The van der Waals surface area contributed by atoms with E-state index < -0.39 is 15.9 Å². The normalized spacial score (nSPS) is 11.4. The third kappa shape index (κ3) is 5.15. The standard InChI is InChI=1S/C15H22ClN3O5S/c1-5-19(6-2)14(20)10-17-15(21)11-7-8-12(16)13(9-11)25(22,23)18(3)24-4/h7-9H,5-6,10H2,1-4H3,(H,17,21). The number of amides is 2. The van der Waals surface area contributed by atoms with Gasteiger partial charge in [-0.05, 0) is 32.0 Å². The van der Waals surface area contributed by atoms with Crippen LogP contribution in [0.2, 0.25) is 5.02 Å². The number of nitrogens with zero attached hydrogens (tertiary/aromatic N) is 2. The number of carbonyl (C=O) groups excluding carboxylic acids is 2. The molecule has 0 aromatic heterocycles. The van der Waals surface area contributed by atoms with Crippen molar-refractivity contribution < 1.29 is 22.8 Å². The van der Waals surface area contributed by atoms with Crippen LogP contribution in [0.5, 0.6) is 0 Å². The molecule has 0 aliphatic rings. The monoisotopic (exact) mass is 391 g/mol. The van der Waals surface area contributed by atoms with Crippen LogP contribution in [0.25, 0.3) is 0 Å². The number of hydrogen-bond donors (Lipinski definition) is 1. The van der Waals surface area contributed by atoms with Crippen molar-refractivity contribution in [2.75, 3.05) is 33.8 Å². The Labute approximate surface area is 152 Å². The largest absolute Gasteiger partial charge is 0.343 e. The minimum Gasteiger partial charge on any atom is -0.343 e. The van der Waals surface area contributed by atoms with Gasteiger partial charge in [0.2, 0.25) is 5.91 Å². The van der Waals surface area contributed by atoms with Crippen molar-refractivity contribution in [2.45, 2.75) is 18.7 Å². The summed E-state index contributed by atoms with van der Waals surface area (Å²) in [6.07, 6.45) is 0. The lowest BCUT2D eigenvalue weighted by molar-refractivity contribution is -0.129. The number of likely N-dealkylation sites (N-methyl/N-ethyl adjacent to an activating group) is 1. The summed E-state index contributed by atoms with van der Waals surface area (Å²) >= 11 is 5.94. The van der Waals surface area contributed by atoms with Crippen LogP contribution in [-0.4, -0.2) is 63.4 Å². The second-order valence-electron chi connectivity index (χ2n) is 4.99. The number of hydrogen-bond acceptors (Lipinski definition) is 5. The van der Waals surface area contributed by atoms with Crippen molar-refractivity contribution in [1.29, 1.82) is 0 Å². The lowest BCUT2D eigenvalue weighted by Gasteiger charge is -2.19. The van der Waals surface area contributed by atoms with Crippen LogP contribution in [0.15, 0.2) is 23.1 Å². The molecule has 0 aliphatic carbocycles. The highest BCUT2D eigenvalue weighted by Gasteiger charge is 2.25. The molecule has 0 saturated carbocycles. The number of sulfonamides is 1. The van der Waals surface area contributed by atoms with Crippen LogP contribution < -0.4 is 5.32 Å². The van der Waals surface area contributed by atoms with Gasteiger partial charge >= 0.3 is 0 Å². The van der Waals surface area contributed by atoms with Gasteiger partial charge in [0, 0.05) is 25.7 Å². The van der Waals surface area contributed by atoms with Gasteiger partial charge in [0.05, 0.1) is 18.7 Å². The second kappa shape index (κ2) is 9.14. The molecule has 1 N–H and O–H groups in total. The molecule has 0 unspecified atom stereocenters. The smallest absolute Gasteiger partial charge is 0.266 e. The van der Waals surface area contributed by atoms with E-state index in [1.165, 1.54) is 26.3 Å². The van der Waals surface area contributed by atoms with E-state index in [0.29, 0.717) is 17.6 Å². The maximum atomic E-state index is 12.3. The number of hydroxylamine groups is 1. The van der Waals surface area contributed by atoms with E-state index in [2.05, 4.69) is 5.32 Å². The molecule has 0 saturated heterocycles. The quantitative estimate of drug-likeness (QED) is 0.670. The Hall–Kier alpha value is -1.68. The molecule has 0 radical (unpaired) electrons. The summed E-state index contributed by atoms with van der Waals surface area (Å²) < 4.78 is 25.3. The molecule has 1 aromatic carbocycles. The van der Waals surface area contributed by atoms with E-state index >= 15 is 0 Å². The van der Waals surface area contributed by atoms with Gasteiger partial charge in [0.15, 0.2) is 0 Å². The molecule has 0 aliphatic heterocycles. The van der Waals surface area contributed by atoms with Crippen molar-refractivity contribution in [3.63, 3.8) is 0 Å². The fraction of sp³-hybridized carbons (Fsp3) is 0.467. The summed E-state index contributed by atoms with van der Waals surface area (Å²) in [6, 6.07) is 3.83. The van der Waals surface area contributed by atoms with Crippen LogP contribution in [0, 0.1) is 0 Å². The van der Waals surface area contributed by atoms with E-state index in [0.717, 1.165) is 6.07 Å². The lowest BCUT2D eigenvalue weighted by atomic mass is 10.2. The molecule has 2 amide bonds. The summed E-state index contributed by atoms with van der Waals surface area (Å²) in [5.74, 6) is -0.798. The average molecular weight is 392 g/mol. The minimum absolute atomic E-state index is 0.0420. The highest BCUT2D eigenvalue weighted by Crippen LogP contribution is 2.25. The fourth-order valence-corrected chi connectivity index (χ4v) is 3.50. The zero-order chi connectivity index (χ0) is 19.2. The van der Waals surface area contributed by atoms with E-state index in [-0.39, 0.29) is 27.9 Å². The highest BCUT2D eigenvalue weighted by molar-refractivity contribution is 7.89. The van der Waals surface area contributed by atoms with Crippen molar-refractivity contribution >= 4 is 33.4 Å². The van der Waals surface area contributed by atoms with Crippen molar-refractivity contribution in [1.82, 2.24) is 14.7 Å². The Morgan fingerprint density at radius 2 is 1.84 bits per heavy atom. The SMILES string of the molecule is CCN(CC)C(=O)CNC(=O)c1ccc(Cl)c(S(=O)(=O)N(C)OC)c1. The van der Waals surface area contributed by atoms with Crippen LogP contribution in [0.3, 0.4) is 0 Å². The molecular formula is C15H22ClN3O5S. The van der Waals surface area contributed by atoms with E-state index in [1.54, 1.807) is 4.90 Å². The van der Waals surface area contributed by atoms with Gasteiger partial charge in [0.25, 0.3) is 15.9 Å². The molecule has 0 atom stereocenters. The first kappa shape index (κ1) is 21.4. The average Bonchev–Trinajstić information content (AvgIpc) is 2.60. The van der Waals surface area contributed by atoms with Crippen LogP contribution in [0.4, 0.5) is 0 Å². The first-order chi connectivity index (χ1) is 11.7. The number of carbonyl (C=O) groups is 2. The van der Waals surface area contributed by atoms with Gasteiger partial charge in [-0.3, -0.25) is 14.4 Å². The van der Waals surface area contributed by atoms with Crippen LogP contribution >= 0.6 is 11.6 Å². The summed E-state index contributed by atoms with van der Waals surface area (Å²) in [5.41, 5.74) is 0.0693. The third-order valence-corrected chi connectivity index (χ3v) is 5.74. The first-order valence-electron chi connectivity index (χ1n) is 7.57. The Kier molecular flexibility index (Phi) is 7.81. The van der Waals surface area contributed by atoms with Gasteiger partial charge in [-0.25, -0.2) is 8.42 Å². The maximum absolute atomic E-state index is 12.3. The Balaban J connectivity index is 2.99. The molecule has 140 valence electrons. The van der Waals surface area contributed by atoms with Crippen molar-refractivity contribution in [3.05, 3.63) is 28.8 Å². The summed E-state index contributed by atoms with van der Waals surface area (Å²) in [4.78, 5) is 30.1. The summed E-state index contributed by atoms with van der Waals surface area (Å²) in [6.45, 7) is 4.58. The summed E-state index contributed by atoms with van der Waals surface area (Å²) in [5, 5.41) is 2.43. The Bertz CT molecular complexity index is 735. The van der Waals surface area contributed by atoms with Gasteiger partial charge < -0.3 is 10.2 Å². The highest BCUT2D eigenvalue weighted by atomic mass is 35.5. The number of rotatable bonds is 8. The zero-order valence-electron chi connectivity index (χ0n) is 14.6. The van der Waals surface area contributed by atoms with E-state index in [4.69, 9.17) is 16.4 Å². The molecule has 10 heteroatoms. The van der Waals surface area contributed by atoms with Gasteiger partial charge in [-0.1, -0.05) is 16.1 Å². The Morgan fingerprint density at radius 1 is 1.24 bits per heavy atom. The molecule has 25 heavy (non-hydrogen) atoms. The lowest BCUT2D eigenvalue weighted by Crippen LogP contribution is -2.40. The number of halogens is 1. The van der Waals surface area contributed by atoms with Crippen LogP contribution in [-0.2, 0) is 19.7 Å². The maximum Gasteiger partial charge on any atom is 0.266 e. The van der Waals surface area contributed by atoms with Crippen molar-refractivity contribution in [2.24, 2.45) is 0 Å². The summed E-state index contributed by atoms with van der Waals surface area (Å²) in [7, 11) is -1.60. The van der Waals surface area contributed by atoms with Crippen LogP contribution in [0.1, 0.15) is 24.2 Å². The van der Waals surface area contributed by atoms with Gasteiger partial charge in [0.1, 0.15) is 4.90 Å². The molecule has 0 fully saturated rings. The molecule has 1 rings (SSSR count). The van der Waals surface area contributed by atoms with E-state index in [9.17, 15) is 18.0 Å². The zero-order valence-corrected chi connectivity index (χ0v) is 16.1. The second-order valence-corrected chi connectivity index (χ2v) is 7.30. The Morgan fingerprint density at radius 3 is 2.36 bits per heavy atom. The predicted molar refractivity (Wildman–Crippen MR) is 93.7 cm³/mol. The molecule has 0 bridgehead atoms. The molecule has 1 aromatic rings. The predicted octanol–water partition coefficient (Wildman–Crippen LogP) is 1.12. The fourth-order valence-electron chi connectivity index (χ4n) is 2.02. The topological polar surface area (TPSA) is 96.0 Å². The molecule has 0 heterocycles. The van der Waals surface area contributed by atoms with E-state index in [1.807, 2.05) is 13.8 Å². The molecule has 8 nitrogen and oxygen atoms in total. The number of nitrogens with one attached hydrogen (secondary N) is 1. The molecular weight excluding hydrogens is 370 g/mol. The molecule has 0 spiro atoms. The van der Waals surface area contributed by atoms with Crippen molar-refractivity contribution in [3.8, 4) is 0 Å². The minimum atomic E-state index is -4.00. The van der Waals surface area contributed by atoms with Gasteiger partial charge in [-0.15, -0.1) is 0 Å². The number of benzene rings is 1. The van der Waals surface area contributed by atoms with Gasteiger partial charge in [-0.2, -0.15) is 0 Å². The third-order valence-electron chi connectivity index (χ3n) is 3.58. The first-order valence-corrected chi connectivity index (χ1v) is 9.39.